The highest BCUT2D eigenvalue weighted by molar-refractivity contribution is 5.96. The number of H-pyrrole nitrogens is 1. The van der Waals surface area contributed by atoms with Crippen molar-refractivity contribution in [2.45, 2.75) is 13.1 Å². The highest BCUT2D eigenvalue weighted by atomic mass is 19.4. The third-order valence-electron chi connectivity index (χ3n) is 1.82. The summed E-state index contributed by atoms with van der Waals surface area (Å²) in [6.07, 6.45) is -3.79. The molecule has 0 bridgehead atoms. The van der Waals surface area contributed by atoms with Crippen LogP contribution in [0.3, 0.4) is 0 Å². The Morgan fingerprint density at radius 3 is 2.53 bits per heavy atom. The Morgan fingerprint density at radius 1 is 1.47 bits per heavy atom. The molecule has 0 radical (unpaired) electrons. The van der Waals surface area contributed by atoms with Crippen molar-refractivity contribution < 1.29 is 27.1 Å². The lowest BCUT2D eigenvalue weighted by Gasteiger charge is -2.11. The van der Waals surface area contributed by atoms with Crippen molar-refractivity contribution in [1.29, 1.82) is 0 Å². The molecule has 0 aliphatic heterocycles. The number of rotatable bonds is 3. The van der Waals surface area contributed by atoms with Gasteiger partial charge in [0.1, 0.15) is 5.57 Å². The Labute approximate surface area is 94.1 Å². The molecule has 1 heterocycles. The number of hydrogen-bond acceptors (Lipinski definition) is 2. The molecule has 0 amide bonds. The van der Waals surface area contributed by atoms with Crippen molar-refractivity contribution in [2.24, 2.45) is 0 Å². The molecular formula is C10H9F4NO2. The zero-order valence-corrected chi connectivity index (χ0v) is 8.77. The van der Waals surface area contributed by atoms with Crippen LogP contribution in [0.5, 0.6) is 0 Å². The number of carbonyl (C=O) groups excluding carboxylic acids is 1. The molecule has 3 nitrogen and oxygen atoms in total. The van der Waals surface area contributed by atoms with E-state index in [0.29, 0.717) is 0 Å². The van der Waals surface area contributed by atoms with Crippen LogP contribution in [0.4, 0.5) is 17.6 Å². The second-order valence-electron chi connectivity index (χ2n) is 2.99. The van der Waals surface area contributed by atoms with Crippen LogP contribution in [0.2, 0.25) is 0 Å². The number of aromatic nitrogens is 1. The maximum absolute atomic E-state index is 13.4. The minimum atomic E-state index is -4.98. The summed E-state index contributed by atoms with van der Waals surface area (Å²) in [5, 5.41) is 0. The number of halogens is 4. The molecule has 17 heavy (non-hydrogen) atoms. The lowest BCUT2D eigenvalue weighted by molar-refractivity contribution is -0.140. The minimum Gasteiger partial charge on any atom is -0.461 e. The molecule has 7 heteroatoms. The van der Waals surface area contributed by atoms with Gasteiger partial charge in [-0.15, -0.1) is 0 Å². The number of nitrogens with one attached hydrogen (secondary N) is 1. The average molecular weight is 251 g/mol. The van der Waals surface area contributed by atoms with Gasteiger partial charge in [0, 0.05) is 6.20 Å². The molecule has 0 aliphatic rings. The summed E-state index contributed by atoms with van der Waals surface area (Å²) < 4.78 is 55.4. The van der Waals surface area contributed by atoms with Gasteiger partial charge < -0.3 is 9.72 Å². The first-order chi connectivity index (χ1) is 7.88. The number of ether oxygens (including phenoxy) is 1. The van der Waals surface area contributed by atoms with Crippen molar-refractivity contribution in [1.82, 2.24) is 4.98 Å². The molecule has 0 aromatic carbocycles. The monoisotopic (exact) mass is 251 g/mol. The summed E-state index contributed by atoms with van der Waals surface area (Å²) in [5.41, 5.74) is -2.19. The molecule has 0 unspecified atom stereocenters. The van der Waals surface area contributed by atoms with Crippen LogP contribution in [0.1, 0.15) is 12.6 Å². The molecule has 0 atom stereocenters. The fraction of sp³-hybridized carbons (Fsp3) is 0.300. The van der Waals surface area contributed by atoms with Crippen molar-refractivity contribution in [3.05, 3.63) is 29.9 Å². The number of allylic oxidation sites excluding steroid dienone is 1. The summed E-state index contributed by atoms with van der Waals surface area (Å²) in [6.45, 7) is 1.16. The molecule has 94 valence electrons. The number of alkyl halides is 3. The first-order valence-electron chi connectivity index (χ1n) is 4.65. The normalized spacial score (nSPS) is 13.2. The van der Waals surface area contributed by atoms with E-state index < -0.39 is 29.2 Å². The molecule has 1 rings (SSSR count). The Bertz CT molecular complexity index is 420. The maximum atomic E-state index is 13.4. The Morgan fingerprint density at radius 2 is 2.12 bits per heavy atom. The molecular weight excluding hydrogens is 242 g/mol. The van der Waals surface area contributed by atoms with Crippen molar-refractivity contribution in [3.8, 4) is 0 Å². The number of aromatic amines is 1. The smallest absolute Gasteiger partial charge is 0.421 e. The zero-order valence-electron chi connectivity index (χ0n) is 8.77. The van der Waals surface area contributed by atoms with E-state index in [4.69, 9.17) is 0 Å². The van der Waals surface area contributed by atoms with Crippen LogP contribution < -0.4 is 0 Å². The van der Waals surface area contributed by atoms with Gasteiger partial charge >= 0.3 is 12.1 Å². The van der Waals surface area contributed by atoms with Crippen molar-refractivity contribution in [3.63, 3.8) is 0 Å². The minimum absolute atomic E-state index is 0.206. The third-order valence-corrected chi connectivity index (χ3v) is 1.82. The quantitative estimate of drug-likeness (QED) is 0.510. The summed E-state index contributed by atoms with van der Waals surface area (Å²) >= 11 is 0. The van der Waals surface area contributed by atoms with Crippen molar-refractivity contribution in [2.75, 3.05) is 6.61 Å². The molecule has 1 aromatic rings. The third kappa shape index (κ3) is 3.08. The zero-order chi connectivity index (χ0) is 13.1. The van der Waals surface area contributed by atoms with Gasteiger partial charge in [-0.2, -0.15) is 17.6 Å². The Balaban J connectivity index is 3.24. The van der Waals surface area contributed by atoms with Gasteiger partial charge in [-0.1, -0.05) is 0 Å². The van der Waals surface area contributed by atoms with E-state index in [2.05, 4.69) is 9.72 Å². The van der Waals surface area contributed by atoms with Crippen LogP contribution in [0.15, 0.2) is 24.2 Å². The van der Waals surface area contributed by atoms with Crippen LogP contribution in [-0.2, 0) is 9.53 Å². The van der Waals surface area contributed by atoms with E-state index in [1.807, 2.05) is 0 Å². The van der Waals surface area contributed by atoms with Crippen LogP contribution >= 0.6 is 0 Å². The van der Waals surface area contributed by atoms with Crippen LogP contribution in [-0.4, -0.2) is 23.7 Å². The van der Waals surface area contributed by atoms with Gasteiger partial charge in [0.15, 0.2) is 0 Å². The van der Waals surface area contributed by atoms with Crippen LogP contribution in [0.25, 0.3) is 5.57 Å². The lowest BCUT2D eigenvalue weighted by atomic mass is 10.1. The summed E-state index contributed by atoms with van der Waals surface area (Å²) in [5.74, 6) is -3.59. The largest absolute Gasteiger partial charge is 0.461 e. The molecule has 1 aromatic heterocycles. The molecule has 0 saturated heterocycles. The first kappa shape index (κ1) is 13.3. The summed E-state index contributed by atoms with van der Waals surface area (Å²) in [6, 6.07) is 2.28. The molecule has 0 fully saturated rings. The molecule has 0 aliphatic carbocycles. The highest BCUT2D eigenvalue weighted by Crippen LogP contribution is 2.36. The van der Waals surface area contributed by atoms with E-state index in [1.165, 1.54) is 19.2 Å². The second-order valence-corrected chi connectivity index (χ2v) is 2.99. The Kier molecular flexibility index (Phi) is 3.93. The van der Waals surface area contributed by atoms with E-state index >= 15 is 0 Å². The van der Waals surface area contributed by atoms with E-state index in [0.717, 1.165) is 6.07 Å². The van der Waals surface area contributed by atoms with Gasteiger partial charge in [0.05, 0.1) is 12.3 Å². The predicted octanol–water partition coefficient (Wildman–Crippen LogP) is 2.82. The van der Waals surface area contributed by atoms with Gasteiger partial charge in [0.2, 0.25) is 5.83 Å². The summed E-state index contributed by atoms with van der Waals surface area (Å²) in [4.78, 5) is 13.2. The number of esters is 1. The van der Waals surface area contributed by atoms with E-state index in [9.17, 15) is 22.4 Å². The topological polar surface area (TPSA) is 42.1 Å². The van der Waals surface area contributed by atoms with Gasteiger partial charge in [0.25, 0.3) is 0 Å². The maximum Gasteiger partial charge on any atom is 0.421 e. The standard InChI is InChI=1S/C10H9F4NO2/c1-2-17-9(16)8(11)7(10(12,13)14)6-4-3-5-15-6/h3-5,15H,2H2,1H3/b8-7-. The SMILES string of the molecule is CCOC(=O)/C(F)=C(\c1ccc[nH]1)C(F)(F)F. The molecule has 0 saturated carbocycles. The number of hydrogen-bond donors (Lipinski definition) is 1. The predicted molar refractivity (Wildman–Crippen MR) is 51.5 cm³/mol. The lowest BCUT2D eigenvalue weighted by Crippen LogP contribution is -2.17. The van der Waals surface area contributed by atoms with Gasteiger partial charge in [-0.05, 0) is 19.1 Å². The molecule has 1 N–H and O–H groups in total. The van der Waals surface area contributed by atoms with Gasteiger partial charge in [-0.25, -0.2) is 4.79 Å². The van der Waals surface area contributed by atoms with Crippen molar-refractivity contribution >= 4 is 11.5 Å². The second kappa shape index (κ2) is 5.03. The first-order valence-corrected chi connectivity index (χ1v) is 4.65. The fourth-order valence-corrected chi connectivity index (χ4v) is 1.18. The average Bonchev–Trinajstić information content (AvgIpc) is 2.69. The Hall–Kier alpha value is -1.79. The fourth-order valence-electron chi connectivity index (χ4n) is 1.18. The van der Waals surface area contributed by atoms with E-state index in [-0.39, 0.29) is 6.61 Å². The molecule has 0 spiro atoms. The van der Waals surface area contributed by atoms with E-state index in [1.54, 1.807) is 0 Å². The number of carbonyl (C=O) groups is 1. The highest BCUT2D eigenvalue weighted by Gasteiger charge is 2.41. The summed E-state index contributed by atoms with van der Waals surface area (Å²) in [7, 11) is 0. The van der Waals surface area contributed by atoms with Crippen LogP contribution in [0, 0.1) is 0 Å². The van der Waals surface area contributed by atoms with Gasteiger partial charge in [-0.3, -0.25) is 0 Å².